The number of fused-ring (bicyclic) bond motifs is 1. The van der Waals surface area contributed by atoms with Crippen LogP contribution in [0.2, 0.25) is 0 Å². The largest absolute Gasteiger partial charge is 0.490 e. The molecule has 1 aliphatic heterocycles. The molecule has 0 spiro atoms. The quantitative estimate of drug-likeness (QED) is 0.539. The predicted octanol–water partition coefficient (Wildman–Crippen LogP) is 5.44. The monoisotopic (exact) mass is 421 g/mol. The fraction of sp³-hybridized carbons (Fsp3) is 0.208. The molecule has 4 rings (SSSR count). The van der Waals surface area contributed by atoms with Crippen LogP contribution >= 0.6 is 11.3 Å². The third-order valence-corrected chi connectivity index (χ3v) is 6.00. The van der Waals surface area contributed by atoms with Crippen LogP contribution in [0.15, 0.2) is 47.8 Å². The number of terminal acetylenes is 1. The molecule has 1 atom stereocenters. The van der Waals surface area contributed by atoms with E-state index in [0.717, 1.165) is 27.3 Å². The number of hydrogen-bond donors (Lipinski definition) is 1. The highest BCUT2D eigenvalue weighted by Gasteiger charge is 2.31. The lowest BCUT2D eigenvalue weighted by Gasteiger charge is -2.24. The average molecular weight is 421 g/mol. The molecule has 2 heterocycles. The maximum Gasteiger partial charge on any atom is 0.225 e. The Kier molecular flexibility index (Phi) is 5.73. The topological polar surface area (TPSA) is 47.6 Å². The summed E-state index contributed by atoms with van der Waals surface area (Å²) in [7, 11) is 0. The molecular formula is C24H20FNO3S. The minimum atomic E-state index is -0.310. The van der Waals surface area contributed by atoms with Crippen molar-refractivity contribution in [3.8, 4) is 35.0 Å². The van der Waals surface area contributed by atoms with Crippen molar-refractivity contribution in [2.45, 2.75) is 19.3 Å². The van der Waals surface area contributed by atoms with Crippen LogP contribution in [0.1, 0.15) is 29.7 Å². The Morgan fingerprint density at radius 3 is 2.87 bits per heavy atom. The van der Waals surface area contributed by atoms with Gasteiger partial charge in [-0.15, -0.1) is 17.8 Å². The van der Waals surface area contributed by atoms with Gasteiger partial charge in [-0.05, 0) is 42.3 Å². The molecule has 0 saturated carbocycles. The van der Waals surface area contributed by atoms with E-state index in [9.17, 15) is 9.18 Å². The highest BCUT2D eigenvalue weighted by atomic mass is 32.1. The second-order valence-corrected chi connectivity index (χ2v) is 7.75. The lowest BCUT2D eigenvalue weighted by Crippen LogP contribution is -2.22. The van der Waals surface area contributed by atoms with Gasteiger partial charge in [0, 0.05) is 28.2 Å². The van der Waals surface area contributed by atoms with Crippen molar-refractivity contribution in [3.05, 3.63) is 64.1 Å². The second kappa shape index (κ2) is 8.60. The van der Waals surface area contributed by atoms with Gasteiger partial charge in [-0.2, -0.15) is 0 Å². The molecular weight excluding hydrogens is 401 g/mol. The van der Waals surface area contributed by atoms with E-state index in [0.29, 0.717) is 24.5 Å². The van der Waals surface area contributed by atoms with Gasteiger partial charge in [-0.25, -0.2) is 4.39 Å². The summed E-state index contributed by atoms with van der Waals surface area (Å²) in [5, 5.41) is 4.94. The number of carbonyl (C=O) groups is 1. The molecule has 0 saturated heterocycles. The Morgan fingerprint density at radius 2 is 2.10 bits per heavy atom. The molecule has 1 aliphatic rings. The molecule has 3 aromatic rings. The van der Waals surface area contributed by atoms with Crippen LogP contribution in [0.4, 0.5) is 10.1 Å². The molecule has 0 radical (unpaired) electrons. The number of ether oxygens (including phenoxy) is 2. The van der Waals surface area contributed by atoms with Gasteiger partial charge >= 0.3 is 0 Å². The molecule has 1 amide bonds. The van der Waals surface area contributed by atoms with Gasteiger partial charge in [0.15, 0.2) is 11.5 Å². The smallest absolute Gasteiger partial charge is 0.225 e. The normalized spacial score (nSPS) is 15.1. The summed E-state index contributed by atoms with van der Waals surface area (Å²) < 4.78 is 25.0. The van der Waals surface area contributed by atoms with Crippen LogP contribution in [0, 0.1) is 18.2 Å². The van der Waals surface area contributed by atoms with Crippen molar-refractivity contribution in [2.75, 3.05) is 18.5 Å². The van der Waals surface area contributed by atoms with Crippen LogP contribution < -0.4 is 14.8 Å². The van der Waals surface area contributed by atoms with E-state index in [1.54, 1.807) is 17.4 Å². The molecule has 1 aromatic heterocycles. The number of nitrogens with one attached hydrogen (secondary N) is 1. The van der Waals surface area contributed by atoms with E-state index >= 15 is 0 Å². The van der Waals surface area contributed by atoms with Crippen LogP contribution in [-0.4, -0.2) is 19.1 Å². The first-order valence-corrected chi connectivity index (χ1v) is 10.5. The second-order valence-electron chi connectivity index (χ2n) is 6.84. The Morgan fingerprint density at radius 1 is 1.23 bits per heavy atom. The Hall–Kier alpha value is -3.30. The van der Waals surface area contributed by atoms with Gasteiger partial charge in [-0.1, -0.05) is 24.1 Å². The number of hydrogen-bond acceptors (Lipinski definition) is 4. The van der Waals surface area contributed by atoms with Crippen LogP contribution in [0.3, 0.4) is 0 Å². The number of thiophene rings is 1. The van der Waals surface area contributed by atoms with Crippen LogP contribution in [0.5, 0.6) is 11.5 Å². The zero-order valence-corrected chi connectivity index (χ0v) is 17.2. The third-order valence-electron chi connectivity index (χ3n) is 4.91. The van der Waals surface area contributed by atoms with Crippen molar-refractivity contribution in [1.82, 2.24) is 0 Å². The van der Waals surface area contributed by atoms with Crippen molar-refractivity contribution in [3.63, 3.8) is 0 Å². The van der Waals surface area contributed by atoms with Crippen molar-refractivity contribution in [1.29, 1.82) is 0 Å². The first-order chi connectivity index (χ1) is 14.6. The summed E-state index contributed by atoms with van der Waals surface area (Å²) in [5.74, 6) is 3.11. The maximum atomic E-state index is 13.7. The molecule has 0 aliphatic carbocycles. The van der Waals surface area contributed by atoms with Crippen molar-refractivity contribution < 1.29 is 18.7 Å². The number of carbonyl (C=O) groups excluding carboxylic acids is 1. The van der Waals surface area contributed by atoms with Gasteiger partial charge in [0.25, 0.3) is 0 Å². The number of anilines is 1. The first-order valence-electron chi connectivity index (χ1n) is 9.61. The number of benzene rings is 2. The highest BCUT2D eigenvalue weighted by Crippen LogP contribution is 2.47. The van der Waals surface area contributed by atoms with E-state index < -0.39 is 0 Å². The number of rotatable bonds is 6. The van der Waals surface area contributed by atoms with Crippen LogP contribution in [0.25, 0.3) is 11.1 Å². The molecule has 0 fully saturated rings. The fourth-order valence-corrected chi connectivity index (χ4v) is 4.77. The molecule has 152 valence electrons. The standard InChI is InChI=1S/C24H20FNO3S/c1-3-10-29-20-9-8-16(12-21(20)28-4-2)18-13-22(27)26-23-19(14-30-24(18)23)15-6-5-7-17(25)11-15/h1,5-9,11-12,14,18H,4,10,13H2,2H3,(H,26,27). The highest BCUT2D eigenvalue weighted by molar-refractivity contribution is 7.11. The minimum absolute atomic E-state index is 0.0748. The molecule has 30 heavy (non-hydrogen) atoms. The number of halogens is 1. The summed E-state index contributed by atoms with van der Waals surface area (Å²) in [5.41, 5.74) is 3.26. The predicted molar refractivity (Wildman–Crippen MR) is 117 cm³/mol. The molecule has 1 unspecified atom stereocenters. The lowest BCUT2D eigenvalue weighted by atomic mass is 9.89. The fourth-order valence-electron chi connectivity index (χ4n) is 3.61. The van der Waals surface area contributed by atoms with Gasteiger partial charge in [-0.3, -0.25) is 4.79 Å². The van der Waals surface area contributed by atoms with Gasteiger partial charge in [0.1, 0.15) is 12.4 Å². The lowest BCUT2D eigenvalue weighted by molar-refractivity contribution is -0.116. The van der Waals surface area contributed by atoms with Crippen molar-refractivity contribution in [2.24, 2.45) is 0 Å². The SMILES string of the molecule is C#CCOc1ccc(C2CC(=O)Nc3c(-c4cccc(F)c4)csc32)cc1OCC. The summed E-state index contributed by atoms with van der Waals surface area (Å²) in [4.78, 5) is 13.6. The van der Waals surface area contributed by atoms with E-state index in [1.807, 2.05) is 36.6 Å². The minimum Gasteiger partial charge on any atom is -0.490 e. The molecule has 6 heteroatoms. The van der Waals surface area contributed by atoms with E-state index in [4.69, 9.17) is 15.9 Å². The van der Waals surface area contributed by atoms with Gasteiger partial charge in [0.05, 0.1) is 12.3 Å². The van der Waals surface area contributed by atoms with Gasteiger partial charge < -0.3 is 14.8 Å². The van der Waals surface area contributed by atoms with E-state index in [-0.39, 0.29) is 24.2 Å². The summed E-state index contributed by atoms with van der Waals surface area (Å²) in [6.45, 7) is 2.53. The summed E-state index contributed by atoms with van der Waals surface area (Å²) in [6, 6.07) is 12.1. The van der Waals surface area contributed by atoms with Crippen molar-refractivity contribution >= 4 is 22.9 Å². The molecule has 2 aromatic carbocycles. The zero-order chi connectivity index (χ0) is 21.1. The van der Waals surface area contributed by atoms with Crippen LogP contribution in [-0.2, 0) is 4.79 Å². The Balaban J connectivity index is 1.74. The third kappa shape index (κ3) is 3.89. The molecule has 1 N–H and O–H groups in total. The summed E-state index contributed by atoms with van der Waals surface area (Å²) >= 11 is 1.56. The maximum absolute atomic E-state index is 13.7. The molecule has 0 bridgehead atoms. The van der Waals surface area contributed by atoms with E-state index in [1.165, 1.54) is 12.1 Å². The summed E-state index contributed by atoms with van der Waals surface area (Å²) in [6.07, 6.45) is 5.62. The van der Waals surface area contributed by atoms with Gasteiger partial charge in [0.2, 0.25) is 5.91 Å². The zero-order valence-electron chi connectivity index (χ0n) is 16.4. The molecule has 4 nitrogen and oxygen atoms in total. The number of amides is 1. The Labute approximate surface area is 178 Å². The van der Waals surface area contributed by atoms with E-state index in [2.05, 4.69) is 11.2 Å². The first kappa shape index (κ1) is 20.0. The average Bonchev–Trinajstić information content (AvgIpc) is 3.16. The Bertz CT molecular complexity index is 1130.